The summed E-state index contributed by atoms with van der Waals surface area (Å²) in [5.41, 5.74) is 6.11. The molecular weight excluding hydrogens is 234 g/mol. The molecule has 0 saturated carbocycles. The van der Waals surface area contributed by atoms with Crippen LogP contribution in [0.2, 0.25) is 0 Å². The zero-order valence-electron chi connectivity index (χ0n) is 11.4. The van der Waals surface area contributed by atoms with Gasteiger partial charge in [0, 0.05) is 16.6 Å². The van der Waals surface area contributed by atoms with E-state index in [9.17, 15) is 0 Å². The van der Waals surface area contributed by atoms with Crippen molar-refractivity contribution in [3.63, 3.8) is 0 Å². The Bertz CT molecular complexity index is 723. The molecule has 0 aliphatic heterocycles. The molecule has 3 rings (SSSR count). The maximum Gasteiger partial charge on any atom is 0.118 e. The smallest absolute Gasteiger partial charge is 0.118 e. The quantitative estimate of drug-likeness (QED) is 0.714. The van der Waals surface area contributed by atoms with E-state index in [2.05, 4.69) is 49.2 Å². The SMILES string of the molecule is COc1ccc(-c2cc3c(C)cc(C)cc3[nH]2)cc1. The van der Waals surface area contributed by atoms with E-state index in [-0.39, 0.29) is 0 Å². The van der Waals surface area contributed by atoms with Crippen LogP contribution in [0.5, 0.6) is 5.75 Å². The molecule has 0 atom stereocenters. The largest absolute Gasteiger partial charge is 0.497 e. The molecule has 2 aromatic carbocycles. The molecule has 1 aromatic heterocycles. The summed E-state index contributed by atoms with van der Waals surface area (Å²) in [6.07, 6.45) is 0. The highest BCUT2D eigenvalue weighted by Crippen LogP contribution is 2.28. The van der Waals surface area contributed by atoms with Crippen LogP contribution in [0.1, 0.15) is 11.1 Å². The van der Waals surface area contributed by atoms with Crippen molar-refractivity contribution in [2.75, 3.05) is 7.11 Å². The van der Waals surface area contributed by atoms with Crippen LogP contribution < -0.4 is 4.74 Å². The van der Waals surface area contributed by atoms with Gasteiger partial charge in [0.05, 0.1) is 7.11 Å². The molecule has 96 valence electrons. The Labute approximate surface area is 113 Å². The summed E-state index contributed by atoms with van der Waals surface area (Å²) in [5, 5.41) is 1.29. The van der Waals surface area contributed by atoms with Crippen molar-refractivity contribution in [1.82, 2.24) is 4.98 Å². The lowest BCUT2D eigenvalue weighted by Crippen LogP contribution is -1.82. The highest BCUT2D eigenvalue weighted by atomic mass is 16.5. The number of aryl methyl sites for hydroxylation is 2. The molecule has 0 radical (unpaired) electrons. The van der Waals surface area contributed by atoms with Crippen molar-refractivity contribution in [3.05, 3.63) is 53.6 Å². The van der Waals surface area contributed by atoms with Gasteiger partial charge in [-0.05, 0) is 66.9 Å². The van der Waals surface area contributed by atoms with Gasteiger partial charge in [-0.3, -0.25) is 0 Å². The number of benzene rings is 2. The minimum absolute atomic E-state index is 0.881. The summed E-state index contributed by atoms with van der Waals surface area (Å²) in [4.78, 5) is 3.49. The Hall–Kier alpha value is -2.22. The van der Waals surface area contributed by atoms with Crippen LogP contribution in [0.15, 0.2) is 42.5 Å². The zero-order valence-corrected chi connectivity index (χ0v) is 11.4. The molecule has 1 heterocycles. The minimum Gasteiger partial charge on any atom is -0.497 e. The number of aromatic nitrogens is 1. The molecule has 19 heavy (non-hydrogen) atoms. The third-order valence-corrected chi connectivity index (χ3v) is 3.49. The molecule has 0 aliphatic rings. The monoisotopic (exact) mass is 251 g/mol. The van der Waals surface area contributed by atoms with E-state index in [0.717, 1.165) is 11.4 Å². The Kier molecular flexibility index (Phi) is 2.79. The first-order valence-corrected chi connectivity index (χ1v) is 6.42. The number of nitrogens with one attached hydrogen (secondary N) is 1. The Morgan fingerprint density at radius 3 is 2.37 bits per heavy atom. The molecule has 0 amide bonds. The van der Waals surface area contributed by atoms with Gasteiger partial charge < -0.3 is 9.72 Å². The third-order valence-electron chi connectivity index (χ3n) is 3.49. The standard InChI is InChI=1S/C17H17NO/c1-11-8-12(2)15-10-16(18-17(15)9-11)13-4-6-14(19-3)7-5-13/h4-10,18H,1-3H3. The van der Waals surface area contributed by atoms with E-state index in [4.69, 9.17) is 4.74 Å². The first kappa shape index (κ1) is 11.8. The van der Waals surface area contributed by atoms with Crippen LogP contribution in [0, 0.1) is 13.8 Å². The molecule has 3 aromatic rings. The van der Waals surface area contributed by atoms with E-state index >= 15 is 0 Å². The molecule has 1 N–H and O–H groups in total. The lowest BCUT2D eigenvalue weighted by molar-refractivity contribution is 0.415. The van der Waals surface area contributed by atoms with Gasteiger partial charge in [-0.25, -0.2) is 0 Å². The van der Waals surface area contributed by atoms with Crippen molar-refractivity contribution in [3.8, 4) is 17.0 Å². The second-order valence-electron chi connectivity index (χ2n) is 4.95. The minimum atomic E-state index is 0.881. The zero-order chi connectivity index (χ0) is 13.4. The maximum atomic E-state index is 5.19. The second kappa shape index (κ2) is 4.47. The fraction of sp³-hybridized carbons (Fsp3) is 0.176. The summed E-state index contributed by atoms with van der Waals surface area (Å²) in [7, 11) is 1.68. The van der Waals surface area contributed by atoms with Gasteiger partial charge in [-0.1, -0.05) is 6.07 Å². The summed E-state index contributed by atoms with van der Waals surface area (Å²) in [6, 6.07) is 14.7. The van der Waals surface area contributed by atoms with Crippen LogP contribution in [-0.2, 0) is 0 Å². The van der Waals surface area contributed by atoms with E-state index in [1.807, 2.05) is 12.1 Å². The van der Waals surface area contributed by atoms with E-state index in [1.54, 1.807) is 7.11 Å². The molecule has 0 aliphatic carbocycles. The van der Waals surface area contributed by atoms with Crippen molar-refractivity contribution in [2.24, 2.45) is 0 Å². The van der Waals surface area contributed by atoms with E-state index < -0.39 is 0 Å². The first-order chi connectivity index (χ1) is 9.17. The second-order valence-corrected chi connectivity index (χ2v) is 4.95. The molecule has 0 spiro atoms. The van der Waals surface area contributed by atoms with Crippen molar-refractivity contribution in [1.29, 1.82) is 0 Å². The van der Waals surface area contributed by atoms with Crippen LogP contribution in [0.25, 0.3) is 22.2 Å². The predicted octanol–water partition coefficient (Wildman–Crippen LogP) is 4.46. The van der Waals surface area contributed by atoms with Gasteiger partial charge in [0.25, 0.3) is 0 Å². The van der Waals surface area contributed by atoms with Crippen LogP contribution in [0.4, 0.5) is 0 Å². The topological polar surface area (TPSA) is 25.0 Å². The molecule has 0 saturated heterocycles. The van der Waals surface area contributed by atoms with E-state index in [1.165, 1.54) is 27.6 Å². The van der Waals surface area contributed by atoms with E-state index in [0.29, 0.717) is 0 Å². The summed E-state index contributed by atoms with van der Waals surface area (Å²) < 4.78 is 5.19. The lowest BCUT2D eigenvalue weighted by Gasteiger charge is -2.01. The van der Waals surface area contributed by atoms with Gasteiger partial charge >= 0.3 is 0 Å². The number of aromatic amines is 1. The summed E-state index contributed by atoms with van der Waals surface area (Å²) in [5.74, 6) is 0.881. The third kappa shape index (κ3) is 2.10. The van der Waals surface area contributed by atoms with Gasteiger partial charge in [-0.15, -0.1) is 0 Å². The van der Waals surface area contributed by atoms with Gasteiger partial charge in [0.2, 0.25) is 0 Å². The lowest BCUT2D eigenvalue weighted by atomic mass is 10.1. The highest BCUT2D eigenvalue weighted by molar-refractivity contribution is 5.89. The molecule has 0 fully saturated rings. The summed E-state index contributed by atoms with van der Waals surface area (Å²) in [6.45, 7) is 4.28. The number of fused-ring (bicyclic) bond motifs is 1. The molecule has 2 heteroatoms. The average Bonchev–Trinajstić information content (AvgIpc) is 2.83. The van der Waals surface area contributed by atoms with Gasteiger partial charge in [0.15, 0.2) is 0 Å². The predicted molar refractivity (Wildman–Crippen MR) is 79.8 cm³/mol. The Morgan fingerprint density at radius 1 is 0.947 bits per heavy atom. The van der Waals surface area contributed by atoms with Crippen LogP contribution in [0.3, 0.4) is 0 Å². The van der Waals surface area contributed by atoms with Gasteiger partial charge in [-0.2, -0.15) is 0 Å². The Morgan fingerprint density at radius 2 is 1.68 bits per heavy atom. The highest BCUT2D eigenvalue weighted by Gasteiger charge is 2.06. The molecule has 0 unspecified atom stereocenters. The normalized spacial score (nSPS) is 10.9. The Balaban J connectivity index is 2.12. The number of methoxy groups -OCH3 is 1. The number of H-pyrrole nitrogens is 1. The fourth-order valence-corrected chi connectivity index (χ4v) is 2.53. The van der Waals surface area contributed by atoms with Crippen LogP contribution in [-0.4, -0.2) is 12.1 Å². The maximum absolute atomic E-state index is 5.19. The number of hydrogen-bond donors (Lipinski definition) is 1. The molecular formula is C17H17NO. The van der Waals surface area contributed by atoms with Crippen molar-refractivity contribution in [2.45, 2.75) is 13.8 Å². The number of rotatable bonds is 2. The van der Waals surface area contributed by atoms with Crippen molar-refractivity contribution >= 4 is 10.9 Å². The fourth-order valence-electron chi connectivity index (χ4n) is 2.53. The number of ether oxygens (including phenoxy) is 1. The molecule has 0 bridgehead atoms. The van der Waals surface area contributed by atoms with Crippen LogP contribution >= 0.6 is 0 Å². The summed E-state index contributed by atoms with van der Waals surface area (Å²) >= 11 is 0. The van der Waals surface area contributed by atoms with Gasteiger partial charge in [0.1, 0.15) is 5.75 Å². The first-order valence-electron chi connectivity index (χ1n) is 6.42. The van der Waals surface area contributed by atoms with Crippen molar-refractivity contribution < 1.29 is 4.74 Å². The molecule has 2 nitrogen and oxygen atoms in total. The number of hydrogen-bond acceptors (Lipinski definition) is 1. The average molecular weight is 251 g/mol.